The van der Waals surface area contributed by atoms with Crippen LogP contribution in [0, 0.1) is 0 Å². The summed E-state index contributed by atoms with van der Waals surface area (Å²) in [6.45, 7) is 0.648. The highest BCUT2D eigenvalue weighted by Crippen LogP contribution is 2.22. The summed E-state index contributed by atoms with van der Waals surface area (Å²) in [4.78, 5) is 4.51. The molecule has 0 amide bonds. The third kappa shape index (κ3) is 4.92. The predicted octanol–water partition coefficient (Wildman–Crippen LogP) is 4.05. The maximum Gasteiger partial charge on any atom is 0.208 e. The third-order valence-electron chi connectivity index (χ3n) is 3.68. The van der Waals surface area contributed by atoms with Crippen LogP contribution in [-0.2, 0) is 0 Å². The number of benzene rings is 2. The van der Waals surface area contributed by atoms with E-state index >= 15 is 0 Å². The van der Waals surface area contributed by atoms with Crippen molar-refractivity contribution in [3.05, 3.63) is 48.5 Å². The van der Waals surface area contributed by atoms with Gasteiger partial charge in [0.1, 0.15) is 17.2 Å². The van der Waals surface area contributed by atoms with Gasteiger partial charge in [0, 0.05) is 11.3 Å². The van der Waals surface area contributed by atoms with Gasteiger partial charge in [-0.3, -0.25) is 5.10 Å². The summed E-state index contributed by atoms with van der Waals surface area (Å²) in [7, 11) is 3.30. The van der Waals surface area contributed by atoms with Gasteiger partial charge in [-0.05, 0) is 55.0 Å². The molecule has 0 saturated heterocycles. The van der Waals surface area contributed by atoms with E-state index in [2.05, 4.69) is 15.2 Å². The molecule has 0 radical (unpaired) electrons. The van der Waals surface area contributed by atoms with Gasteiger partial charge in [-0.1, -0.05) is 11.8 Å². The highest BCUT2D eigenvalue weighted by Gasteiger charge is 2.06. The molecule has 26 heavy (non-hydrogen) atoms. The maximum atomic E-state index is 5.71. The third-order valence-corrected chi connectivity index (χ3v) is 4.61. The molecule has 0 aliphatic rings. The van der Waals surface area contributed by atoms with Gasteiger partial charge in [-0.2, -0.15) is 0 Å². The molecule has 0 saturated carbocycles. The second kappa shape index (κ2) is 9.15. The smallest absolute Gasteiger partial charge is 0.208 e. The standard InChI is InChI=1S/C19H21N3O3S/c1-23-15-6-4-14(5-7-15)18-20-19(22-21-18)26-13-3-12-25-17-10-8-16(24-2)9-11-17/h4-11H,3,12-13H2,1-2H3,(H,20,21,22). The Labute approximate surface area is 156 Å². The fourth-order valence-corrected chi connectivity index (χ4v) is 2.98. The van der Waals surface area contributed by atoms with E-state index in [4.69, 9.17) is 14.2 Å². The molecule has 7 heteroatoms. The number of nitrogens with zero attached hydrogens (tertiary/aromatic N) is 2. The van der Waals surface area contributed by atoms with Crippen molar-refractivity contribution < 1.29 is 14.2 Å². The highest BCUT2D eigenvalue weighted by molar-refractivity contribution is 7.99. The van der Waals surface area contributed by atoms with Crippen LogP contribution >= 0.6 is 11.8 Å². The van der Waals surface area contributed by atoms with Crippen LogP contribution < -0.4 is 14.2 Å². The minimum atomic E-state index is 0.648. The number of nitrogens with one attached hydrogen (secondary N) is 1. The molecule has 2 aromatic carbocycles. The lowest BCUT2D eigenvalue weighted by atomic mass is 10.2. The van der Waals surface area contributed by atoms with Crippen molar-refractivity contribution >= 4 is 11.8 Å². The quantitative estimate of drug-likeness (QED) is 0.452. The van der Waals surface area contributed by atoms with Crippen molar-refractivity contribution in [2.24, 2.45) is 0 Å². The molecule has 6 nitrogen and oxygen atoms in total. The van der Waals surface area contributed by atoms with Crippen LogP contribution in [0.4, 0.5) is 0 Å². The van der Waals surface area contributed by atoms with E-state index in [-0.39, 0.29) is 0 Å². The van der Waals surface area contributed by atoms with E-state index in [0.29, 0.717) is 6.61 Å². The molecule has 0 unspecified atom stereocenters. The first-order valence-electron chi connectivity index (χ1n) is 8.25. The number of hydrogen-bond acceptors (Lipinski definition) is 6. The number of aromatic amines is 1. The Kier molecular flexibility index (Phi) is 6.38. The Morgan fingerprint density at radius 1 is 0.885 bits per heavy atom. The summed E-state index contributed by atoms with van der Waals surface area (Å²) in [5.74, 6) is 4.13. The molecule has 1 heterocycles. The molecule has 0 bridgehead atoms. The average molecular weight is 371 g/mol. The van der Waals surface area contributed by atoms with Gasteiger partial charge >= 0.3 is 0 Å². The van der Waals surface area contributed by atoms with Gasteiger partial charge in [0.15, 0.2) is 5.82 Å². The summed E-state index contributed by atoms with van der Waals surface area (Å²) >= 11 is 1.61. The topological polar surface area (TPSA) is 69.3 Å². The lowest BCUT2D eigenvalue weighted by Crippen LogP contribution is -1.98. The van der Waals surface area contributed by atoms with Crippen molar-refractivity contribution in [2.45, 2.75) is 11.6 Å². The van der Waals surface area contributed by atoms with Crippen LogP contribution in [0.1, 0.15) is 6.42 Å². The second-order valence-corrected chi connectivity index (χ2v) is 6.48. The van der Waals surface area contributed by atoms with Crippen molar-refractivity contribution in [3.8, 4) is 28.6 Å². The van der Waals surface area contributed by atoms with Gasteiger partial charge in [0.2, 0.25) is 5.16 Å². The van der Waals surface area contributed by atoms with Crippen LogP contribution in [0.2, 0.25) is 0 Å². The first-order valence-corrected chi connectivity index (χ1v) is 9.23. The average Bonchev–Trinajstić information content (AvgIpc) is 3.17. The number of H-pyrrole nitrogens is 1. The molecule has 0 atom stereocenters. The van der Waals surface area contributed by atoms with E-state index < -0.39 is 0 Å². The number of methoxy groups -OCH3 is 2. The first kappa shape index (κ1) is 18.1. The SMILES string of the molecule is COc1ccc(OCCCSc2n[nH]c(-c3ccc(OC)cc3)n2)cc1. The zero-order chi connectivity index (χ0) is 18.2. The molecule has 1 N–H and O–H groups in total. The Morgan fingerprint density at radius 2 is 1.50 bits per heavy atom. The summed E-state index contributed by atoms with van der Waals surface area (Å²) in [5.41, 5.74) is 0.980. The molecule has 1 aromatic heterocycles. The number of ether oxygens (including phenoxy) is 3. The predicted molar refractivity (Wildman–Crippen MR) is 102 cm³/mol. The molecule has 0 aliphatic heterocycles. The van der Waals surface area contributed by atoms with E-state index in [1.54, 1.807) is 26.0 Å². The number of thioether (sulfide) groups is 1. The van der Waals surface area contributed by atoms with Crippen molar-refractivity contribution in [1.29, 1.82) is 0 Å². The summed E-state index contributed by atoms with van der Waals surface area (Å²) in [6, 6.07) is 15.3. The van der Waals surface area contributed by atoms with Crippen molar-refractivity contribution in [2.75, 3.05) is 26.6 Å². The highest BCUT2D eigenvalue weighted by atomic mass is 32.2. The first-order chi connectivity index (χ1) is 12.8. The lowest BCUT2D eigenvalue weighted by Gasteiger charge is -2.06. The molecule has 0 fully saturated rings. The molecule has 3 rings (SSSR count). The largest absolute Gasteiger partial charge is 0.497 e. The van der Waals surface area contributed by atoms with Gasteiger partial charge in [0.05, 0.1) is 20.8 Å². The van der Waals surface area contributed by atoms with Crippen molar-refractivity contribution in [1.82, 2.24) is 15.2 Å². The van der Waals surface area contributed by atoms with Crippen LogP contribution in [0.3, 0.4) is 0 Å². The fraction of sp³-hybridized carbons (Fsp3) is 0.263. The summed E-state index contributed by atoms with van der Waals surface area (Å²) in [6.07, 6.45) is 0.906. The maximum absolute atomic E-state index is 5.71. The van der Waals surface area contributed by atoms with Gasteiger partial charge < -0.3 is 14.2 Å². The Morgan fingerprint density at radius 3 is 2.15 bits per heavy atom. The van der Waals surface area contributed by atoms with Crippen LogP contribution in [0.5, 0.6) is 17.2 Å². The van der Waals surface area contributed by atoms with E-state index in [9.17, 15) is 0 Å². The molecular weight excluding hydrogens is 350 g/mol. The van der Waals surface area contributed by atoms with E-state index in [1.807, 2.05) is 48.5 Å². The minimum Gasteiger partial charge on any atom is -0.497 e. The van der Waals surface area contributed by atoms with E-state index in [0.717, 1.165) is 46.0 Å². The van der Waals surface area contributed by atoms with Gasteiger partial charge in [-0.25, -0.2) is 4.98 Å². The molecular formula is C19H21N3O3S. The fourth-order valence-electron chi connectivity index (χ4n) is 2.27. The van der Waals surface area contributed by atoms with Crippen LogP contribution in [0.15, 0.2) is 53.7 Å². The Hall–Kier alpha value is -2.67. The second-order valence-electron chi connectivity index (χ2n) is 5.42. The van der Waals surface area contributed by atoms with Crippen LogP contribution in [-0.4, -0.2) is 41.8 Å². The number of hydrogen-bond donors (Lipinski definition) is 1. The lowest BCUT2D eigenvalue weighted by molar-refractivity contribution is 0.318. The normalized spacial score (nSPS) is 10.5. The van der Waals surface area contributed by atoms with Gasteiger partial charge in [-0.15, -0.1) is 5.10 Å². The summed E-state index contributed by atoms with van der Waals surface area (Å²) in [5, 5.41) is 7.96. The summed E-state index contributed by atoms with van der Waals surface area (Å²) < 4.78 is 16.0. The number of aromatic nitrogens is 3. The Balaban J connectivity index is 1.41. The monoisotopic (exact) mass is 371 g/mol. The molecule has 3 aromatic rings. The van der Waals surface area contributed by atoms with Crippen LogP contribution in [0.25, 0.3) is 11.4 Å². The van der Waals surface area contributed by atoms with Gasteiger partial charge in [0.25, 0.3) is 0 Å². The molecule has 136 valence electrons. The zero-order valence-electron chi connectivity index (χ0n) is 14.8. The zero-order valence-corrected chi connectivity index (χ0v) is 15.6. The molecule has 0 aliphatic carbocycles. The van der Waals surface area contributed by atoms with Crippen molar-refractivity contribution in [3.63, 3.8) is 0 Å². The van der Waals surface area contributed by atoms with E-state index in [1.165, 1.54) is 0 Å². The molecule has 0 spiro atoms. The Bertz CT molecular complexity index is 804. The minimum absolute atomic E-state index is 0.648. The number of rotatable bonds is 9.